The first-order chi connectivity index (χ1) is 10.2. The molecule has 0 aliphatic heterocycles. The number of hydrazone groups is 1. The molecule has 0 spiro atoms. The molecule has 1 N–H and O–H groups in total. The fraction of sp³-hybridized carbons (Fsp3) is 0.188. The second kappa shape index (κ2) is 7.55. The monoisotopic (exact) mass is 304 g/mol. The third-order valence-corrected chi connectivity index (χ3v) is 2.99. The molecular weight excluding hydrogens is 288 g/mol. The lowest BCUT2D eigenvalue weighted by molar-refractivity contribution is 0.311. The molecule has 0 bridgehead atoms. The minimum atomic E-state index is 0.583. The van der Waals surface area contributed by atoms with Gasteiger partial charge in [-0.2, -0.15) is 5.10 Å². The lowest BCUT2D eigenvalue weighted by atomic mass is 10.2. The zero-order valence-electron chi connectivity index (χ0n) is 12.0. The maximum Gasteiger partial charge on any atom is 0.161 e. The van der Waals surface area contributed by atoms with E-state index in [9.17, 15) is 0 Å². The zero-order valence-corrected chi connectivity index (χ0v) is 12.7. The van der Waals surface area contributed by atoms with E-state index in [0.717, 1.165) is 11.3 Å². The average Bonchev–Trinajstić information content (AvgIpc) is 2.50. The Morgan fingerprint density at radius 2 is 1.90 bits per heavy atom. The summed E-state index contributed by atoms with van der Waals surface area (Å²) in [7, 11) is 1.62. The van der Waals surface area contributed by atoms with Crippen LogP contribution in [0, 0.1) is 0 Å². The summed E-state index contributed by atoms with van der Waals surface area (Å²) in [6, 6.07) is 13.0. The van der Waals surface area contributed by atoms with Gasteiger partial charge >= 0.3 is 0 Å². The van der Waals surface area contributed by atoms with Crippen LogP contribution in [0.3, 0.4) is 0 Å². The Labute approximate surface area is 129 Å². The predicted molar refractivity (Wildman–Crippen MR) is 86.8 cm³/mol. The Morgan fingerprint density at radius 1 is 1.14 bits per heavy atom. The Balaban J connectivity index is 2.06. The molecule has 4 nitrogen and oxygen atoms in total. The van der Waals surface area contributed by atoms with Gasteiger partial charge in [0.05, 0.1) is 25.6 Å². The van der Waals surface area contributed by atoms with Gasteiger partial charge in [-0.15, -0.1) is 0 Å². The maximum absolute atomic E-state index is 5.83. The fourth-order valence-corrected chi connectivity index (χ4v) is 1.87. The third kappa shape index (κ3) is 4.39. The summed E-state index contributed by atoms with van der Waals surface area (Å²) in [4.78, 5) is 0. The first-order valence-electron chi connectivity index (χ1n) is 6.58. The van der Waals surface area contributed by atoms with Crippen LogP contribution in [0.5, 0.6) is 11.5 Å². The molecule has 0 atom stereocenters. The Morgan fingerprint density at radius 3 is 2.57 bits per heavy atom. The summed E-state index contributed by atoms with van der Waals surface area (Å²) in [5.74, 6) is 1.41. The van der Waals surface area contributed by atoms with Crippen molar-refractivity contribution in [3.8, 4) is 11.5 Å². The molecule has 110 valence electrons. The molecule has 2 aromatic rings. The second-order valence-corrected chi connectivity index (χ2v) is 4.66. The van der Waals surface area contributed by atoms with Gasteiger partial charge in [-0.1, -0.05) is 11.6 Å². The molecule has 2 aromatic carbocycles. The van der Waals surface area contributed by atoms with E-state index in [1.807, 2.05) is 37.3 Å². The molecule has 0 radical (unpaired) electrons. The molecule has 0 aliphatic carbocycles. The summed E-state index contributed by atoms with van der Waals surface area (Å²) < 4.78 is 10.8. The van der Waals surface area contributed by atoms with Crippen LogP contribution in [0.4, 0.5) is 5.69 Å². The summed E-state index contributed by atoms with van der Waals surface area (Å²) >= 11 is 5.83. The van der Waals surface area contributed by atoms with Crippen molar-refractivity contribution < 1.29 is 9.47 Å². The van der Waals surface area contributed by atoms with Gasteiger partial charge in [0.15, 0.2) is 11.5 Å². The standard InChI is InChI=1S/C16H17ClN2O2/c1-3-21-16-10-12(4-9-15(16)20-2)11-18-19-14-7-5-13(17)6-8-14/h4-11,19H,3H2,1-2H3/b18-11+. The molecule has 21 heavy (non-hydrogen) atoms. The smallest absolute Gasteiger partial charge is 0.161 e. The summed E-state index contributed by atoms with van der Waals surface area (Å²) in [5.41, 5.74) is 4.73. The number of hydrogen-bond donors (Lipinski definition) is 1. The third-order valence-electron chi connectivity index (χ3n) is 2.74. The number of nitrogens with one attached hydrogen (secondary N) is 1. The first-order valence-corrected chi connectivity index (χ1v) is 6.96. The van der Waals surface area contributed by atoms with Gasteiger partial charge in [0, 0.05) is 5.02 Å². The summed E-state index contributed by atoms with van der Waals surface area (Å²) in [5, 5.41) is 4.88. The summed E-state index contributed by atoms with van der Waals surface area (Å²) in [6.45, 7) is 2.52. The Hall–Kier alpha value is -2.20. The van der Waals surface area contributed by atoms with Crippen molar-refractivity contribution >= 4 is 23.5 Å². The maximum atomic E-state index is 5.83. The molecule has 0 aliphatic rings. The van der Waals surface area contributed by atoms with Gasteiger partial charge in [0.1, 0.15) is 0 Å². The van der Waals surface area contributed by atoms with Crippen molar-refractivity contribution in [2.24, 2.45) is 5.10 Å². The van der Waals surface area contributed by atoms with Gasteiger partial charge < -0.3 is 9.47 Å². The van der Waals surface area contributed by atoms with Crippen LogP contribution in [0.2, 0.25) is 5.02 Å². The lowest BCUT2D eigenvalue weighted by Gasteiger charge is -2.09. The van der Waals surface area contributed by atoms with Crippen molar-refractivity contribution in [1.82, 2.24) is 0 Å². The highest BCUT2D eigenvalue weighted by atomic mass is 35.5. The van der Waals surface area contributed by atoms with Crippen molar-refractivity contribution in [2.45, 2.75) is 6.92 Å². The fourth-order valence-electron chi connectivity index (χ4n) is 1.75. The van der Waals surface area contributed by atoms with Crippen LogP contribution in [0.1, 0.15) is 12.5 Å². The number of rotatable bonds is 6. The van der Waals surface area contributed by atoms with E-state index in [2.05, 4.69) is 10.5 Å². The van der Waals surface area contributed by atoms with Gasteiger partial charge in [0.25, 0.3) is 0 Å². The number of methoxy groups -OCH3 is 1. The van der Waals surface area contributed by atoms with E-state index >= 15 is 0 Å². The number of halogens is 1. The van der Waals surface area contributed by atoms with Crippen molar-refractivity contribution in [2.75, 3.05) is 19.1 Å². The molecule has 0 saturated carbocycles. The van der Waals surface area contributed by atoms with Crippen molar-refractivity contribution in [1.29, 1.82) is 0 Å². The molecule has 0 amide bonds. The van der Waals surface area contributed by atoms with Crippen LogP contribution in [-0.4, -0.2) is 19.9 Å². The molecule has 5 heteroatoms. The summed E-state index contributed by atoms with van der Waals surface area (Å²) in [6.07, 6.45) is 1.72. The second-order valence-electron chi connectivity index (χ2n) is 4.22. The van der Waals surface area contributed by atoms with Gasteiger partial charge in [-0.3, -0.25) is 5.43 Å². The first kappa shape index (κ1) is 15.2. The molecule has 0 saturated heterocycles. The molecule has 0 unspecified atom stereocenters. The SMILES string of the molecule is CCOc1cc(/C=N/Nc2ccc(Cl)cc2)ccc1OC. The van der Waals surface area contributed by atoms with Crippen molar-refractivity contribution in [3.05, 3.63) is 53.1 Å². The zero-order chi connectivity index (χ0) is 15.1. The van der Waals surface area contributed by atoms with E-state index in [1.54, 1.807) is 25.5 Å². The predicted octanol–water partition coefficient (Wildman–Crippen LogP) is 4.19. The normalized spacial score (nSPS) is 10.6. The van der Waals surface area contributed by atoms with Gasteiger partial charge in [-0.25, -0.2) is 0 Å². The number of hydrogen-bond acceptors (Lipinski definition) is 4. The highest BCUT2D eigenvalue weighted by Gasteiger charge is 2.03. The molecule has 0 fully saturated rings. The van der Waals surface area contributed by atoms with Crippen LogP contribution in [0.15, 0.2) is 47.6 Å². The van der Waals surface area contributed by atoms with E-state index in [1.165, 1.54) is 0 Å². The van der Waals surface area contributed by atoms with Crippen LogP contribution in [0.25, 0.3) is 0 Å². The molecule has 0 heterocycles. The highest BCUT2D eigenvalue weighted by molar-refractivity contribution is 6.30. The van der Waals surface area contributed by atoms with E-state index in [-0.39, 0.29) is 0 Å². The van der Waals surface area contributed by atoms with E-state index < -0.39 is 0 Å². The van der Waals surface area contributed by atoms with Crippen LogP contribution < -0.4 is 14.9 Å². The van der Waals surface area contributed by atoms with Gasteiger partial charge in [-0.05, 0) is 55.0 Å². The Kier molecular flexibility index (Phi) is 5.46. The minimum Gasteiger partial charge on any atom is -0.493 e. The average molecular weight is 305 g/mol. The number of ether oxygens (including phenoxy) is 2. The van der Waals surface area contributed by atoms with E-state index in [4.69, 9.17) is 21.1 Å². The number of benzene rings is 2. The van der Waals surface area contributed by atoms with E-state index in [0.29, 0.717) is 23.1 Å². The topological polar surface area (TPSA) is 42.8 Å². The number of nitrogens with zero attached hydrogens (tertiary/aromatic N) is 1. The quantitative estimate of drug-likeness (QED) is 0.642. The largest absolute Gasteiger partial charge is 0.493 e. The minimum absolute atomic E-state index is 0.583. The number of anilines is 1. The molecule has 0 aromatic heterocycles. The van der Waals surface area contributed by atoms with Crippen LogP contribution in [-0.2, 0) is 0 Å². The molecular formula is C16H17ClN2O2. The highest BCUT2D eigenvalue weighted by Crippen LogP contribution is 2.27. The van der Waals surface area contributed by atoms with Gasteiger partial charge in [0.2, 0.25) is 0 Å². The molecule has 2 rings (SSSR count). The Bertz CT molecular complexity index is 612. The lowest BCUT2D eigenvalue weighted by Crippen LogP contribution is -1.97. The van der Waals surface area contributed by atoms with Crippen molar-refractivity contribution in [3.63, 3.8) is 0 Å². The van der Waals surface area contributed by atoms with Crippen LogP contribution >= 0.6 is 11.6 Å².